The summed E-state index contributed by atoms with van der Waals surface area (Å²) in [6.07, 6.45) is 2.44. The van der Waals surface area contributed by atoms with Gasteiger partial charge in [0.15, 0.2) is 5.16 Å². The van der Waals surface area contributed by atoms with Gasteiger partial charge in [-0.15, -0.1) is 10.2 Å². The average Bonchev–Trinajstić information content (AvgIpc) is 3.24. The van der Waals surface area contributed by atoms with Crippen LogP contribution in [-0.4, -0.2) is 54.2 Å². The third-order valence-corrected chi connectivity index (χ3v) is 5.19. The number of carboxylic acid groups (broad SMARTS) is 1. The lowest BCUT2D eigenvalue weighted by Gasteiger charge is -2.21. The van der Waals surface area contributed by atoms with Gasteiger partial charge in [0.05, 0.1) is 9.82 Å². The van der Waals surface area contributed by atoms with Crippen LogP contribution in [0.25, 0.3) is 0 Å². The van der Waals surface area contributed by atoms with Crippen molar-refractivity contribution >= 4 is 29.3 Å². The maximum Gasteiger partial charge on any atom is 0.326 e. The Kier molecular flexibility index (Phi) is 4.89. The molecule has 1 unspecified atom stereocenters. The molecule has 1 amide bonds. The summed E-state index contributed by atoms with van der Waals surface area (Å²) in [5.74, 6) is -1.59. The molecule has 2 aromatic rings. The third kappa shape index (κ3) is 3.38. The number of nitro benzene ring substituents is 1. The predicted molar refractivity (Wildman–Crippen MR) is 89.9 cm³/mol. The highest BCUT2D eigenvalue weighted by atomic mass is 32.2. The molecule has 136 valence electrons. The molecule has 1 saturated heterocycles. The van der Waals surface area contributed by atoms with Crippen LogP contribution in [0.3, 0.4) is 0 Å². The molecule has 0 aliphatic carbocycles. The monoisotopic (exact) mass is 377 g/mol. The first-order chi connectivity index (χ1) is 12.4. The van der Waals surface area contributed by atoms with Crippen molar-refractivity contribution < 1.29 is 19.6 Å². The van der Waals surface area contributed by atoms with E-state index in [0.717, 1.165) is 11.8 Å². The summed E-state index contributed by atoms with van der Waals surface area (Å²) in [4.78, 5) is 36.3. The lowest BCUT2D eigenvalue weighted by molar-refractivity contribution is -0.387. The molecule has 1 aromatic carbocycles. The minimum Gasteiger partial charge on any atom is -0.480 e. The van der Waals surface area contributed by atoms with E-state index in [2.05, 4.69) is 10.2 Å². The second-order valence-corrected chi connectivity index (χ2v) is 6.77. The lowest BCUT2D eigenvalue weighted by Crippen LogP contribution is -2.40. The number of likely N-dealkylation sites (tertiary alicyclic amines) is 1. The van der Waals surface area contributed by atoms with Crippen LogP contribution in [0, 0.1) is 10.1 Å². The van der Waals surface area contributed by atoms with Gasteiger partial charge < -0.3 is 14.6 Å². The van der Waals surface area contributed by atoms with Gasteiger partial charge in [-0.1, -0.05) is 0 Å². The van der Waals surface area contributed by atoms with Crippen molar-refractivity contribution in [2.45, 2.75) is 28.9 Å². The number of nitro groups is 1. The number of aliphatic carboxylic acids is 1. The molecule has 2 heterocycles. The van der Waals surface area contributed by atoms with E-state index in [1.54, 1.807) is 11.6 Å². The van der Waals surface area contributed by atoms with E-state index in [9.17, 15) is 24.8 Å². The van der Waals surface area contributed by atoms with Gasteiger partial charge in [-0.2, -0.15) is 0 Å². The summed E-state index contributed by atoms with van der Waals surface area (Å²) < 4.78 is 1.62. The first kappa shape index (κ1) is 17.9. The fourth-order valence-corrected chi connectivity index (χ4v) is 3.63. The number of hydrogen-bond donors (Lipinski definition) is 1. The SMILES string of the molecule is Cn1cnnc1Sc1ccc(C(=O)N2CCCC2C(=O)O)cc1[N+](=O)[O-]. The highest BCUT2D eigenvalue weighted by molar-refractivity contribution is 7.99. The number of amides is 1. The highest BCUT2D eigenvalue weighted by Gasteiger charge is 2.35. The lowest BCUT2D eigenvalue weighted by atomic mass is 10.1. The number of benzene rings is 1. The van der Waals surface area contributed by atoms with Crippen LogP contribution in [0.5, 0.6) is 0 Å². The van der Waals surface area contributed by atoms with E-state index in [1.165, 1.54) is 29.4 Å². The Morgan fingerprint density at radius 3 is 2.81 bits per heavy atom. The molecule has 1 aromatic heterocycles. The minimum atomic E-state index is -1.07. The van der Waals surface area contributed by atoms with Crippen molar-refractivity contribution in [1.82, 2.24) is 19.7 Å². The van der Waals surface area contributed by atoms with E-state index >= 15 is 0 Å². The fourth-order valence-electron chi connectivity index (χ4n) is 2.78. The summed E-state index contributed by atoms with van der Waals surface area (Å²) in [7, 11) is 1.71. The van der Waals surface area contributed by atoms with Crippen LogP contribution >= 0.6 is 11.8 Å². The summed E-state index contributed by atoms with van der Waals surface area (Å²) >= 11 is 1.06. The second-order valence-electron chi connectivity index (χ2n) is 5.76. The minimum absolute atomic E-state index is 0.0900. The zero-order valence-corrected chi connectivity index (χ0v) is 14.5. The van der Waals surface area contributed by atoms with Crippen LogP contribution in [-0.2, 0) is 11.8 Å². The van der Waals surface area contributed by atoms with Crippen LogP contribution in [0.4, 0.5) is 5.69 Å². The van der Waals surface area contributed by atoms with Crippen molar-refractivity contribution in [3.8, 4) is 0 Å². The van der Waals surface area contributed by atoms with Gasteiger partial charge in [-0.3, -0.25) is 14.9 Å². The first-order valence-corrected chi connectivity index (χ1v) is 8.54. The van der Waals surface area contributed by atoms with Gasteiger partial charge in [0.1, 0.15) is 12.4 Å². The zero-order valence-electron chi connectivity index (χ0n) is 13.7. The number of carboxylic acids is 1. The second kappa shape index (κ2) is 7.12. The van der Waals surface area contributed by atoms with E-state index in [4.69, 9.17) is 0 Å². The molecule has 3 rings (SSSR count). The molecule has 0 bridgehead atoms. The maximum absolute atomic E-state index is 12.6. The Morgan fingerprint density at radius 2 is 2.19 bits per heavy atom. The summed E-state index contributed by atoms with van der Waals surface area (Å²) in [6.45, 7) is 0.318. The van der Waals surface area contributed by atoms with E-state index in [1.807, 2.05) is 0 Å². The van der Waals surface area contributed by atoms with Crippen LogP contribution < -0.4 is 0 Å². The van der Waals surface area contributed by atoms with Gasteiger partial charge in [0.2, 0.25) is 0 Å². The molecule has 1 atom stereocenters. The molecule has 1 fully saturated rings. The molecule has 26 heavy (non-hydrogen) atoms. The third-order valence-electron chi connectivity index (χ3n) is 4.07. The summed E-state index contributed by atoms with van der Waals surface area (Å²) in [5.41, 5.74) is -0.151. The maximum atomic E-state index is 12.6. The molecule has 0 saturated carbocycles. The molecule has 10 nitrogen and oxygen atoms in total. The van der Waals surface area contributed by atoms with Crippen LogP contribution in [0.1, 0.15) is 23.2 Å². The smallest absolute Gasteiger partial charge is 0.326 e. The molecule has 1 aliphatic rings. The molecule has 1 N–H and O–H groups in total. The van der Waals surface area contributed by atoms with Gasteiger partial charge in [0.25, 0.3) is 11.6 Å². The largest absolute Gasteiger partial charge is 0.480 e. The zero-order chi connectivity index (χ0) is 18.8. The van der Waals surface area contributed by atoms with Gasteiger partial charge in [0, 0.05) is 25.2 Å². The molecular formula is C15H15N5O5S. The number of aryl methyl sites for hydroxylation is 1. The van der Waals surface area contributed by atoms with E-state index in [-0.39, 0.29) is 11.3 Å². The van der Waals surface area contributed by atoms with E-state index in [0.29, 0.717) is 29.4 Å². The average molecular weight is 377 g/mol. The number of carbonyl (C=O) groups excluding carboxylic acids is 1. The Bertz CT molecular complexity index is 883. The number of carbonyl (C=O) groups is 2. The van der Waals surface area contributed by atoms with Gasteiger partial charge in [-0.25, -0.2) is 4.79 Å². The summed E-state index contributed by atoms with van der Waals surface area (Å²) in [5, 5.41) is 28.7. The van der Waals surface area contributed by atoms with E-state index < -0.39 is 22.8 Å². The van der Waals surface area contributed by atoms with Gasteiger partial charge >= 0.3 is 5.97 Å². The van der Waals surface area contributed by atoms with Crippen molar-refractivity contribution in [3.63, 3.8) is 0 Å². The quantitative estimate of drug-likeness (QED) is 0.613. The number of aromatic nitrogens is 3. The summed E-state index contributed by atoms with van der Waals surface area (Å²) in [6, 6.07) is 3.22. The van der Waals surface area contributed by atoms with Crippen LogP contribution in [0.2, 0.25) is 0 Å². The van der Waals surface area contributed by atoms with Crippen molar-refractivity contribution in [2.24, 2.45) is 7.05 Å². The van der Waals surface area contributed by atoms with Crippen molar-refractivity contribution in [3.05, 3.63) is 40.2 Å². The number of rotatable bonds is 5. The normalized spacial score (nSPS) is 16.7. The molecule has 1 aliphatic heterocycles. The highest BCUT2D eigenvalue weighted by Crippen LogP contribution is 2.34. The predicted octanol–water partition coefficient (Wildman–Crippen LogP) is 1.56. The van der Waals surface area contributed by atoms with Crippen molar-refractivity contribution in [1.29, 1.82) is 0 Å². The Labute approximate surface area is 152 Å². The standard InChI is InChI=1S/C15H15N5O5S/c1-18-8-16-17-15(18)26-12-5-4-9(7-11(12)20(24)25)13(21)19-6-2-3-10(19)14(22)23/h4-5,7-8,10H,2-3,6H2,1H3,(H,22,23). The molecular weight excluding hydrogens is 362 g/mol. The fraction of sp³-hybridized carbons (Fsp3) is 0.333. The number of nitrogens with zero attached hydrogens (tertiary/aromatic N) is 5. The Hall–Kier alpha value is -2.95. The topological polar surface area (TPSA) is 131 Å². The number of hydrogen-bond acceptors (Lipinski definition) is 7. The molecule has 0 spiro atoms. The molecule has 11 heteroatoms. The Balaban J connectivity index is 1.91. The van der Waals surface area contributed by atoms with Crippen molar-refractivity contribution in [2.75, 3.05) is 6.54 Å². The first-order valence-electron chi connectivity index (χ1n) is 7.72. The molecule has 0 radical (unpaired) electrons. The Morgan fingerprint density at radius 1 is 1.42 bits per heavy atom. The van der Waals surface area contributed by atoms with Crippen LogP contribution in [0.15, 0.2) is 34.6 Å². The van der Waals surface area contributed by atoms with Gasteiger partial charge in [-0.05, 0) is 36.7 Å².